The summed E-state index contributed by atoms with van der Waals surface area (Å²) in [5, 5.41) is 44.1. The average Bonchev–Trinajstić information content (AvgIpc) is 3.42. The molecule has 76 heavy (non-hydrogen) atoms. The molecule has 0 aliphatic carbocycles. The Labute approximate surface area is 474 Å². The molecule has 0 aliphatic heterocycles. The van der Waals surface area contributed by atoms with Gasteiger partial charge < -0.3 is 25.7 Å². The second-order valence-electron chi connectivity index (χ2n) is 23.5. The third kappa shape index (κ3) is 57.0. The second kappa shape index (κ2) is 64.1. The number of carbonyl (C=O) groups excluding carboxylic acids is 1. The van der Waals surface area contributed by atoms with Gasteiger partial charge in [0.25, 0.3) is 0 Å². The minimum Gasteiger partial charge on any atom is -0.394 e. The van der Waals surface area contributed by atoms with Crippen molar-refractivity contribution in [2.75, 3.05) is 6.61 Å². The molecule has 0 saturated heterocycles. The zero-order chi connectivity index (χ0) is 55.1. The fourth-order valence-corrected chi connectivity index (χ4v) is 10.7. The molecule has 6 heteroatoms. The lowest BCUT2D eigenvalue weighted by atomic mass is 10.00. The second-order valence-corrected chi connectivity index (χ2v) is 23.5. The van der Waals surface area contributed by atoms with E-state index >= 15 is 0 Å². The lowest BCUT2D eigenvalue weighted by Gasteiger charge is -2.27. The Hall–Kier alpha value is -1.73. The van der Waals surface area contributed by atoms with Crippen LogP contribution in [0.3, 0.4) is 0 Å². The molecule has 0 heterocycles. The van der Waals surface area contributed by atoms with Gasteiger partial charge in [-0.2, -0.15) is 0 Å². The molecule has 0 bridgehead atoms. The highest BCUT2D eigenvalue weighted by atomic mass is 16.3. The summed E-state index contributed by atoms with van der Waals surface area (Å²) in [5.41, 5.74) is 0. The van der Waals surface area contributed by atoms with Crippen LogP contribution in [0.15, 0.2) is 48.6 Å². The maximum absolute atomic E-state index is 12.6. The maximum atomic E-state index is 12.6. The van der Waals surface area contributed by atoms with Crippen molar-refractivity contribution in [3.63, 3.8) is 0 Å². The highest BCUT2D eigenvalue weighted by molar-refractivity contribution is 5.80. The minimum atomic E-state index is -1.29. The van der Waals surface area contributed by atoms with Crippen molar-refractivity contribution in [1.82, 2.24) is 5.32 Å². The summed E-state index contributed by atoms with van der Waals surface area (Å²) in [5.74, 6) is -0.593. The first-order valence-corrected chi connectivity index (χ1v) is 34.0. The quantitative estimate of drug-likeness (QED) is 0.0308. The number of amides is 1. The van der Waals surface area contributed by atoms with Crippen molar-refractivity contribution in [3.8, 4) is 0 Å². The van der Waals surface area contributed by atoms with Crippen LogP contribution in [0.25, 0.3) is 0 Å². The molecule has 0 aliphatic rings. The number of rotatable bonds is 63. The summed E-state index contributed by atoms with van der Waals surface area (Å²) in [6.07, 6.45) is 83.8. The number of allylic oxidation sites excluding steroid dienone is 8. The maximum Gasteiger partial charge on any atom is 0.249 e. The fourth-order valence-electron chi connectivity index (χ4n) is 10.7. The van der Waals surface area contributed by atoms with Gasteiger partial charge in [-0.25, -0.2) is 0 Å². The van der Waals surface area contributed by atoms with Crippen LogP contribution in [0, 0.1) is 0 Å². The molecule has 0 aromatic carbocycles. The molecule has 0 saturated carbocycles. The van der Waals surface area contributed by atoms with Crippen molar-refractivity contribution >= 4 is 5.91 Å². The Morgan fingerprint density at radius 1 is 0.329 bits per heavy atom. The first kappa shape index (κ1) is 74.3. The van der Waals surface area contributed by atoms with E-state index in [1.165, 1.54) is 283 Å². The number of aliphatic hydroxyl groups excluding tert-OH is 4. The van der Waals surface area contributed by atoms with Gasteiger partial charge in [0, 0.05) is 0 Å². The van der Waals surface area contributed by atoms with Crippen LogP contribution in [0.4, 0.5) is 0 Å². The molecular weight excluding hydrogens is 935 g/mol. The number of hydrogen-bond donors (Lipinski definition) is 5. The molecule has 0 aromatic heterocycles. The van der Waals surface area contributed by atoms with Gasteiger partial charge in [0.1, 0.15) is 12.2 Å². The third-order valence-corrected chi connectivity index (χ3v) is 16.0. The van der Waals surface area contributed by atoms with E-state index in [0.29, 0.717) is 19.3 Å². The number of carbonyl (C=O) groups is 1. The number of nitrogens with one attached hydrogen (secondary N) is 1. The molecule has 0 aromatic rings. The van der Waals surface area contributed by atoms with E-state index in [1.54, 1.807) is 0 Å². The molecule has 0 fully saturated rings. The smallest absolute Gasteiger partial charge is 0.249 e. The van der Waals surface area contributed by atoms with Crippen molar-refractivity contribution in [1.29, 1.82) is 0 Å². The Balaban J connectivity index is 3.58. The Morgan fingerprint density at radius 2 is 0.592 bits per heavy atom. The van der Waals surface area contributed by atoms with Gasteiger partial charge in [-0.3, -0.25) is 4.79 Å². The van der Waals surface area contributed by atoms with E-state index in [0.717, 1.165) is 44.9 Å². The summed E-state index contributed by atoms with van der Waals surface area (Å²) in [6.45, 7) is 4.08. The fraction of sp³-hybridized carbons (Fsp3) is 0.871. The van der Waals surface area contributed by atoms with Gasteiger partial charge in [0.2, 0.25) is 5.91 Å². The molecule has 4 unspecified atom stereocenters. The molecule has 4 atom stereocenters. The molecular formula is C70H133NO5. The normalized spacial score (nSPS) is 13.8. The molecule has 0 rings (SSSR count). The summed E-state index contributed by atoms with van der Waals surface area (Å²) in [7, 11) is 0. The summed E-state index contributed by atoms with van der Waals surface area (Å²) >= 11 is 0. The van der Waals surface area contributed by atoms with Crippen LogP contribution in [0.5, 0.6) is 0 Å². The summed E-state index contributed by atoms with van der Waals surface area (Å²) in [4.78, 5) is 12.6. The minimum absolute atomic E-state index is 0.360. The predicted octanol–water partition coefficient (Wildman–Crippen LogP) is 20.9. The SMILES string of the molecule is CCCCCCCCCCCCCCC/C=C/CC/C=C/CCCC(O)C(O)C(CO)NC(=O)C(O)CCCCCCCCCCCCCCCCCC/C=C\C/C=C\CCCCCCCCCCCCCCCCC. The van der Waals surface area contributed by atoms with E-state index < -0.39 is 36.9 Å². The van der Waals surface area contributed by atoms with E-state index in [2.05, 4.69) is 67.8 Å². The number of hydrogen-bond acceptors (Lipinski definition) is 5. The molecule has 0 radical (unpaired) electrons. The largest absolute Gasteiger partial charge is 0.394 e. The predicted molar refractivity (Wildman–Crippen MR) is 334 cm³/mol. The van der Waals surface area contributed by atoms with Crippen LogP contribution in [-0.2, 0) is 4.79 Å². The van der Waals surface area contributed by atoms with Crippen molar-refractivity contribution < 1.29 is 25.2 Å². The zero-order valence-corrected chi connectivity index (χ0v) is 51.0. The van der Waals surface area contributed by atoms with Crippen LogP contribution in [-0.4, -0.2) is 57.3 Å². The van der Waals surface area contributed by atoms with E-state index in [1.807, 2.05) is 0 Å². The van der Waals surface area contributed by atoms with E-state index in [-0.39, 0.29) is 0 Å². The molecule has 0 spiro atoms. The van der Waals surface area contributed by atoms with E-state index in [9.17, 15) is 25.2 Å². The van der Waals surface area contributed by atoms with Gasteiger partial charge >= 0.3 is 0 Å². The average molecular weight is 1070 g/mol. The Morgan fingerprint density at radius 3 is 0.908 bits per heavy atom. The standard InChI is InChI=1S/C70H133NO5/c1-3-5-7-9-11-13-15-17-19-21-23-25-27-28-29-30-31-32-33-34-35-36-37-38-39-40-41-42-44-46-48-50-52-54-56-58-60-62-64-68(74)70(76)71-66(65-72)69(75)67(73)63-61-59-57-55-53-51-49-47-45-43-26-24-22-20-18-16-14-12-10-8-6-4-2/h31-32,34-35,47,49,55,57,66-69,72-75H,3-30,33,36-46,48,50-54,56,58-65H2,1-2H3,(H,71,76)/b32-31-,35-34-,49-47+,57-55+. The Bertz CT molecular complexity index is 1250. The van der Waals surface area contributed by atoms with Crippen molar-refractivity contribution in [2.45, 2.75) is 385 Å². The van der Waals surface area contributed by atoms with Crippen LogP contribution < -0.4 is 5.32 Å². The molecule has 1 amide bonds. The third-order valence-electron chi connectivity index (χ3n) is 16.0. The first-order valence-electron chi connectivity index (χ1n) is 34.0. The van der Waals surface area contributed by atoms with Crippen LogP contribution in [0.2, 0.25) is 0 Å². The number of aliphatic hydroxyl groups is 4. The highest BCUT2D eigenvalue weighted by Crippen LogP contribution is 2.18. The zero-order valence-electron chi connectivity index (χ0n) is 51.0. The van der Waals surface area contributed by atoms with E-state index in [4.69, 9.17) is 0 Å². The molecule has 6 nitrogen and oxygen atoms in total. The lowest BCUT2D eigenvalue weighted by Crippen LogP contribution is -2.53. The van der Waals surface area contributed by atoms with Crippen LogP contribution in [0.1, 0.15) is 361 Å². The van der Waals surface area contributed by atoms with Gasteiger partial charge in [-0.15, -0.1) is 0 Å². The van der Waals surface area contributed by atoms with Gasteiger partial charge in [-0.05, 0) is 83.5 Å². The van der Waals surface area contributed by atoms with Crippen LogP contribution >= 0.6 is 0 Å². The lowest BCUT2D eigenvalue weighted by molar-refractivity contribution is -0.132. The van der Waals surface area contributed by atoms with Crippen molar-refractivity contribution in [2.24, 2.45) is 0 Å². The topological polar surface area (TPSA) is 110 Å². The Kier molecular flexibility index (Phi) is 62.6. The monoisotopic (exact) mass is 1070 g/mol. The van der Waals surface area contributed by atoms with Gasteiger partial charge in [-0.1, -0.05) is 326 Å². The number of unbranched alkanes of at least 4 members (excludes halogenated alkanes) is 46. The van der Waals surface area contributed by atoms with Gasteiger partial charge in [0.15, 0.2) is 0 Å². The summed E-state index contributed by atoms with van der Waals surface area (Å²) < 4.78 is 0. The molecule has 448 valence electrons. The highest BCUT2D eigenvalue weighted by Gasteiger charge is 2.28. The van der Waals surface area contributed by atoms with Crippen molar-refractivity contribution in [3.05, 3.63) is 48.6 Å². The molecule has 5 N–H and O–H groups in total. The van der Waals surface area contributed by atoms with Gasteiger partial charge in [0.05, 0.1) is 18.8 Å². The first-order chi connectivity index (χ1) is 37.5. The summed E-state index contributed by atoms with van der Waals surface area (Å²) in [6, 6.07) is -1.01.